The van der Waals surface area contributed by atoms with Gasteiger partial charge in [-0.3, -0.25) is 14.7 Å². The quantitative estimate of drug-likeness (QED) is 0.876. The third-order valence-corrected chi connectivity index (χ3v) is 4.47. The molecular weight excluding hydrogens is 316 g/mol. The average Bonchev–Trinajstić information content (AvgIpc) is 3.16. The molecule has 1 fully saturated rings. The molecule has 0 radical (unpaired) electrons. The van der Waals surface area contributed by atoms with Crippen LogP contribution in [0.3, 0.4) is 0 Å². The van der Waals surface area contributed by atoms with Gasteiger partial charge in [-0.15, -0.1) is 0 Å². The Labute approximate surface area is 148 Å². The van der Waals surface area contributed by atoms with Gasteiger partial charge in [-0.25, -0.2) is 4.98 Å². The SMILES string of the molecule is Cc1ccc(Oc2ncccc2CNC(=O)[C@H](C)N2CCCC2)cn1. The second-order valence-electron chi connectivity index (χ2n) is 6.34. The van der Waals surface area contributed by atoms with E-state index in [0.717, 1.165) is 24.3 Å². The topological polar surface area (TPSA) is 67.3 Å². The van der Waals surface area contributed by atoms with Gasteiger partial charge in [0.1, 0.15) is 5.75 Å². The van der Waals surface area contributed by atoms with Crippen LogP contribution in [0, 0.1) is 6.92 Å². The zero-order valence-electron chi connectivity index (χ0n) is 14.7. The van der Waals surface area contributed by atoms with Gasteiger partial charge < -0.3 is 10.1 Å². The molecule has 3 rings (SSSR count). The molecule has 6 nitrogen and oxygen atoms in total. The van der Waals surface area contributed by atoms with E-state index in [9.17, 15) is 4.79 Å². The summed E-state index contributed by atoms with van der Waals surface area (Å²) in [5.41, 5.74) is 1.77. The Morgan fingerprint density at radius 1 is 1.28 bits per heavy atom. The highest BCUT2D eigenvalue weighted by Gasteiger charge is 2.23. The highest BCUT2D eigenvalue weighted by molar-refractivity contribution is 5.81. The number of nitrogens with one attached hydrogen (secondary N) is 1. The van der Waals surface area contributed by atoms with E-state index in [4.69, 9.17) is 4.74 Å². The normalized spacial score (nSPS) is 15.8. The van der Waals surface area contributed by atoms with E-state index < -0.39 is 0 Å². The van der Waals surface area contributed by atoms with Gasteiger partial charge in [-0.05, 0) is 58.0 Å². The minimum Gasteiger partial charge on any atom is -0.437 e. The van der Waals surface area contributed by atoms with Gasteiger partial charge in [0.05, 0.1) is 12.2 Å². The first-order valence-electron chi connectivity index (χ1n) is 8.69. The van der Waals surface area contributed by atoms with E-state index in [-0.39, 0.29) is 11.9 Å². The van der Waals surface area contributed by atoms with E-state index in [1.807, 2.05) is 38.1 Å². The maximum atomic E-state index is 12.4. The summed E-state index contributed by atoms with van der Waals surface area (Å²) in [4.78, 5) is 23.1. The molecule has 1 amide bonds. The van der Waals surface area contributed by atoms with Crippen molar-refractivity contribution in [1.82, 2.24) is 20.2 Å². The molecule has 1 saturated heterocycles. The van der Waals surface area contributed by atoms with Crippen LogP contribution in [0.15, 0.2) is 36.7 Å². The summed E-state index contributed by atoms with van der Waals surface area (Å²) >= 11 is 0. The molecule has 6 heteroatoms. The van der Waals surface area contributed by atoms with E-state index in [1.165, 1.54) is 12.8 Å². The first-order valence-corrected chi connectivity index (χ1v) is 8.69. The molecule has 0 aromatic carbocycles. The molecule has 0 saturated carbocycles. The first kappa shape index (κ1) is 17.4. The van der Waals surface area contributed by atoms with E-state index >= 15 is 0 Å². The molecule has 1 atom stereocenters. The summed E-state index contributed by atoms with van der Waals surface area (Å²) in [6, 6.07) is 7.38. The van der Waals surface area contributed by atoms with Crippen molar-refractivity contribution in [3.63, 3.8) is 0 Å². The van der Waals surface area contributed by atoms with Crippen molar-refractivity contribution in [3.8, 4) is 11.6 Å². The van der Waals surface area contributed by atoms with Crippen LogP contribution < -0.4 is 10.1 Å². The summed E-state index contributed by atoms with van der Waals surface area (Å²) in [5, 5.41) is 2.99. The minimum atomic E-state index is -0.107. The Morgan fingerprint density at radius 2 is 2.08 bits per heavy atom. The third kappa shape index (κ3) is 4.54. The summed E-state index contributed by atoms with van der Waals surface area (Å²) in [6.45, 7) is 6.26. The molecule has 25 heavy (non-hydrogen) atoms. The molecule has 3 heterocycles. The Morgan fingerprint density at radius 3 is 2.80 bits per heavy atom. The number of hydrogen-bond acceptors (Lipinski definition) is 5. The Bertz CT molecular complexity index is 712. The van der Waals surface area contributed by atoms with Crippen LogP contribution in [0.5, 0.6) is 11.6 Å². The number of carbonyl (C=O) groups is 1. The average molecular weight is 340 g/mol. The maximum absolute atomic E-state index is 12.4. The number of ether oxygens (including phenoxy) is 1. The van der Waals surface area contributed by atoms with Gasteiger partial charge in [0.2, 0.25) is 11.8 Å². The third-order valence-electron chi connectivity index (χ3n) is 4.47. The standard InChI is InChI=1S/C19H24N4O2/c1-14-7-8-17(13-21-14)25-19-16(6-5-9-20-19)12-22-18(24)15(2)23-10-3-4-11-23/h5-9,13,15H,3-4,10-12H2,1-2H3,(H,22,24)/t15-/m0/s1. The van der Waals surface area contributed by atoms with Gasteiger partial charge in [0.15, 0.2) is 0 Å². The lowest BCUT2D eigenvalue weighted by molar-refractivity contribution is -0.125. The molecule has 0 aliphatic carbocycles. The van der Waals surface area contributed by atoms with Gasteiger partial charge in [0, 0.05) is 24.0 Å². The van der Waals surface area contributed by atoms with Gasteiger partial charge in [-0.2, -0.15) is 0 Å². The van der Waals surface area contributed by atoms with Crippen molar-refractivity contribution in [2.45, 2.75) is 39.3 Å². The van der Waals surface area contributed by atoms with Crippen LogP contribution in [0.25, 0.3) is 0 Å². The lowest BCUT2D eigenvalue weighted by Crippen LogP contribution is -2.43. The van der Waals surface area contributed by atoms with Gasteiger partial charge >= 0.3 is 0 Å². The lowest BCUT2D eigenvalue weighted by atomic mass is 10.2. The van der Waals surface area contributed by atoms with Crippen LogP contribution in [-0.4, -0.2) is 39.9 Å². The number of nitrogens with zero attached hydrogens (tertiary/aromatic N) is 3. The lowest BCUT2D eigenvalue weighted by Gasteiger charge is -2.22. The predicted octanol–water partition coefficient (Wildman–Crippen LogP) is 2.68. The van der Waals surface area contributed by atoms with Crippen molar-refractivity contribution >= 4 is 5.91 Å². The minimum absolute atomic E-state index is 0.0358. The van der Waals surface area contributed by atoms with Crippen LogP contribution in [0.4, 0.5) is 0 Å². The number of aryl methyl sites for hydroxylation is 1. The predicted molar refractivity (Wildman–Crippen MR) is 95.4 cm³/mol. The zero-order valence-corrected chi connectivity index (χ0v) is 14.7. The van der Waals surface area contributed by atoms with Crippen LogP contribution >= 0.6 is 0 Å². The fourth-order valence-corrected chi connectivity index (χ4v) is 2.90. The largest absolute Gasteiger partial charge is 0.437 e. The van der Waals surface area contributed by atoms with Gasteiger partial charge in [0.25, 0.3) is 0 Å². The molecule has 0 spiro atoms. The molecule has 132 valence electrons. The van der Waals surface area contributed by atoms with Gasteiger partial charge in [-0.1, -0.05) is 6.07 Å². The molecule has 1 N–H and O–H groups in total. The smallest absolute Gasteiger partial charge is 0.237 e. The Balaban J connectivity index is 1.62. The van der Waals surface area contributed by atoms with Crippen molar-refractivity contribution < 1.29 is 9.53 Å². The van der Waals surface area contributed by atoms with E-state index in [1.54, 1.807) is 12.4 Å². The summed E-state index contributed by atoms with van der Waals surface area (Å²) in [7, 11) is 0. The molecule has 0 bridgehead atoms. The second kappa shape index (κ2) is 8.07. The van der Waals surface area contributed by atoms with Crippen LogP contribution in [0.2, 0.25) is 0 Å². The molecule has 1 aliphatic heterocycles. The number of aromatic nitrogens is 2. The fourth-order valence-electron chi connectivity index (χ4n) is 2.90. The number of rotatable bonds is 6. The number of amides is 1. The monoisotopic (exact) mass is 340 g/mol. The first-order chi connectivity index (χ1) is 12.1. The second-order valence-corrected chi connectivity index (χ2v) is 6.34. The fraction of sp³-hybridized carbons (Fsp3) is 0.421. The molecular formula is C19H24N4O2. The van der Waals surface area contributed by atoms with Crippen molar-refractivity contribution in [2.24, 2.45) is 0 Å². The van der Waals surface area contributed by atoms with Crippen LogP contribution in [0.1, 0.15) is 31.0 Å². The highest BCUT2D eigenvalue weighted by Crippen LogP contribution is 2.22. The zero-order chi connectivity index (χ0) is 17.6. The molecule has 2 aromatic heterocycles. The van der Waals surface area contributed by atoms with Crippen LogP contribution in [-0.2, 0) is 11.3 Å². The summed E-state index contributed by atoms with van der Waals surface area (Å²) in [6.07, 6.45) is 5.68. The molecule has 0 unspecified atom stereocenters. The maximum Gasteiger partial charge on any atom is 0.237 e. The van der Waals surface area contributed by atoms with E-state index in [2.05, 4.69) is 20.2 Å². The van der Waals surface area contributed by atoms with E-state index in [0.29, 0.717) is 18.2 Å². The number of carbonyl (C=O) groups excluding carboxylic acids is 1. The summed E-state index contributed by atoms with van der Waals surface area (Å²) < 4.78 is 5.82. The number of hydrogen-bond donors (Lipinski definition) is 1. The highest BCUT2D eigenvalue weighted by atomic mass is 16.5. The molecule has 2 aromatic rings. The van der Waals surface area contributed by atoms with Crippen molar-refractivity contribution in [2.75, 3.05) is 13.1 Å². The Hall–Kier alpha value is -2.47. The Kier molecular flexibility index (Phi) is 5.60. The van der Waals surface area contributed by atoms with Crippen molar-refractivity contribution in [1.29, 1.82) is 0 Å². The number of likely N-dealkylation sites (tertiary alicyclic amines) is 1. The number of pyridine rings is 2. The summed E-state index contributed by atoms with van der Waals surface area (Å²) in [5.74, 6) is 1.15. The van der Waals surface area contributed by atoms with Crippen molar-refractivity contribution in [3.05, 3.63) is 47.9 Å². The molecule has 1 aliphatic rings.